The molecule has 0 rings (SSSR count). The highest BCUT2D eigenvalue weighted by atomic mass is 16.5. The highest BCUT2D eigenvalue weighted by molar-refractivity contribution is 5.96. The molecule has 0 spiro atoms. The van der Waals surface area contributed by atoms with Crippen molar-refractivity contribution in [1.29, 1.82) is 0 Å². The summed E-state index contributed by atoms with van der Waals surface area (Å²) in [5, 5.41) is 15.5. The molecule has 0 aliphatic heterocycles. The van der Waals surface area contributed by atoms with Crippen LogP contribution in [-0.2, 0) is 9.59 Å². The molecule has 0 unspecified atom stereocenters. The largest absolute Gasteiger partial charge is 0.472 e. The molecule has 0 heterocycles. The summed E-state index contributed by atoms with van der Waals surface area (Å²) in [4.78, 5) is 18.9. The number of rotatable bonds is 0. The van der Waals surface area contributed by atoms with Crippen LogP contribution in [0.5, 0.6) is 0 Å². The minimum absolute atomic E-state index is 1.41. The summed E-state index contributed by atoms with van der Waals surface area (Å²) in [5.74, 6) is -0.0511. The van der Waals surface area contributed by atoms with Gasteiger partial charge in [-0.25, -0.2) is 9.59 Å². The van der Waals surface area contributed by atoms with Gasteiger partial charge in [0, 0.05) is 11.8 Å². The van der Waals surface area contributed by atoms with Crippen molar-refractivity contribution < 1.29 is 19.8 Å². The monoisotopic (exact) mass is 115 g/mol. The number of aliphatic carboxylic acids is 2. The lowest BCUT2D eigenvalue weighted by molar-refractivity contribution is -0.132. The lowest BCUT2D eigenvalue weighted by atomic mass is 10.7. The normalized spacial score (nSPS) is 6.50. The second kappa shape index (κ2) is 2.64. The predicted molar refractivity (Wildman–Crippen MR) is 23.0 cm³/mol. The zero-order valence-electron chi connectivity index (χ0n) is 3.71. The number of hydrogen-bond acceptors (Lipinski definition) is 2. The Morgan fingerprint density at radius 1 is 1.00 bits per heavy atom. The topological polar surface area (TPSA) is 74.6 Å². The lowest BCUT2D eigenvalue weighted by Crippen LogP contribution is -1.92. The maximum atomic E-state index is 9.47. The van der Waals surface area contributed by atoms with E-state index in [4.69, 9.17) is 10.2 Å². The van der Waals surface area contributed by atoms with Crippen LogP contribution < -0.4 is 0 Å². The molecule has 4 nitrogen and oxygen atoms in total. The van der Waals surface area contributed by atoms with Crippen molar-refractivity contribution >= 4 is 11.9 Å². The Balaban J connectivity index is 3.87. The van der Waals surface area contributed by atoms with Gasteiger partial charge >= 0.3 is 11.9 Å². The first-order valence-electron chi connectivity index (χ1n) is 1.61. The Morgan fingerprint density at radius 2 is 1.25 bits per heavy atom. The first-order valence-corrected chi connectivity index (χ1v) is 1.61. The SMILES string of the molecule is O=C(O)C#C[13C](=O)O. The van der Waals surface area contributed by atoms with Gasteiger partial charge in [0.1, 0.15) is 0 Å². The molecule has 0 bridgehead atoms. The maximum Gasteiger partial charge on any atom is 0.382 e. The molecule has 4 heteroatoms. The van der Waals surface area contributed by atoms with Crippen LogP contribution in [0, 0.1) is 11.8 Å². The van der Waals surface area contributed by atoms with Crippen LogP contribution in [0.3, 0.4) is 0 Å². The summed E-state index contributed by atoms with van der Waals surface area (Å²) in [7, 11) is 0. The minimum atomic E-state index is -1.44. The van der Waals surface area contributed by atoms with Crippen molar-refractivity contribution in [3.8, 4) is 11.8 Å². The fourth-order valence-corrected chi connectivity index (χ4v) is 0.107. The third kappa shape index (κ3) is 4.50. The molecule has 2 N–H and O–H groups in total. The first kappa shape index (κ1) is 6.50. The highest BCUT2D eigenvalue weighted by Crippen LogP contribution is 1.57. The smallest absolute Gasteiger partial charge is 0.382 e. The molecular weight excluding hydrogens is 113 g/mol. The molecule has 0 aromatic heterocycles. The van der Waals surface area contributed by atoms with Crippen molar-refractivity contribution in [2.75, 3.05) is 0 Å². The molecule has 0 saturated heterocycles. The van der Waals surface area contributed by atoms with Gasteiger partial charge in [-0.1, -0.05) is 0 Å². The van der Waals surface area contributed by atoms with Gasteiger partial charge in [-0.2, -0.15) is 0 Å². The quantitative estimate of drug-likeness (QED) is 0.319. The summed E-state index contributed by atoms with van der Waals surface area (Å²) in [6.45, 7) is 0. The van der Waals surface area contributed by atoms with Crippen LogP contribution >= 0.6 is 0 Å². The van der Waals surface area contributed by atoms with E-state index in [9.17, 15) is 9.59 Å². The summed E-state index contributed by atoms with van der Waals surface area (Å²) in [5.41, 5.74) is 0. The summed E-state index contributed by atoms with van der Waals surface area (Å²) >= 11 is 0. The molecule has 0 saturated carbocycles. The zero-order chi connectivity index (χ0) is 6.57. The third-order valence-corrected chi connectivity index (χ3v) is 0.276. The van der Waals surface area contributed by atoms with Gasteiger partial charge in [-0.15, -0.1) is 0 Å². The van der Waals surface area contributed by atoms with E-state index >= 15 is 0 Å². The van der Waals surface area contributed by atoms with Crippen molar-refractivity contribution in [2.45, 2.75) is 0 Å². The fraction of sp³-hybridized carbons (Fsp3) is 0. The minimum Gasteiger partial charge on any atom is -0.472 e. The van der Waals surface area contributed by atoms with Gasteiger partial charge in [0.05, 0.1) is 0 Å². The first-order chi connectivity index (χ1) is 3.63. The van der Waals surface area contributed by atoms with Crippen molar-refractivity contribution in [1.82, 2.24) is 0 Å². The van der Waals surface area contributed by atoms with E-state index in [1.807, 2.05) is 0 Å². The Labute approximate surface area is 44.7 Å². The average Bonchev–Trinajstić information content (AvgIpc) is 1.61. The number of carbonyl (C=O) groups is 2. The molecule has 0 amide bonds. The van der Waals surface area contributed by atoms with E-state index in [1.54, 1.807) is 0 Å². The predicted octanol–water partition coefficient (Wildman–Crippen LogP) is -0.841. The van der Waals surface area contributed by atoms with Crippen LogP contribution in [0.2, 0.25) is 0 Å². The zero-order valence-corrected chi connectivity index (χ0v) is 3.71. The van der Waals surface area contributed by atoms with Crippen LogP contribution in [0.4, 0.5) is 0 Å². The van der Waals surface area contributed by atoms with Gasteiger partial charge in [0.15, 0.2) is 0 Å². The van der Waals surface area contributed by atoms with Crippen molar-refractivity contribution in [3.63, 3.8) is 0 Å². The molecule has 0 aromatic rings. The molecule has 0 atom stereocenters. The summed E-state index contributed by atoms with van der Waals surface area (Å²) < 4.78 is 0. The summed E-state index contributed by atoms with van der Waals surface area (Å²) in [6, 6.07) is 0. The number of hydrogen-bond donors (Lipinski definition) is 2. The van der Waals surface area contributed by atoms with E-state index in [0.29, 0.717) is 0 Å². The fourth-order valence-electron chi connectivity index (χ4n) is 0.107. The number of carboxylic acids is 2. The Bertz CT molecular complexity index is 152. The number of carboxylic acid groups (broad SMARTS) is 2. The standard InChI is InChI=1S/C4H2O4/c5-3(6)1-2-4(7)8/h(H,5,6)(H,7,8)/i3+1. The molecule has 0 aliphatic rings. The van der Waals surface area contributed by atoms with E-state index in [1.165, 1.54) is 11.8 Å². The average molecular weight is 115 g/mol. The highest BCUT2D eigenvalue weighted by Gasteiger charge is 1.86. The molecule has 0 fully saturated rings. The third-order valence-electron chi connectivity index (χ3n) is 0.276. The van der Waals surface area contributed by atoms with Crippen LogP contribution in [0.25, 0.3) is 0 Å². The van der Waals surface area contributed by atoms with Crippen LogP contribution in [0.15, 0.2) is 0 Å². The van der Waals surface area contributed by atoms with E-state index in [2.05, 4.69) is 0 Å². The molecule has 8 heavy (non-hydrogen) atoms. The molecule has 0 radical (unpaired) electrons. The van der Waals surface area contributed by atoms with Crippen LogP contribution in [-0.4, -0.2) is 22.2 Å². The summed E-state index contributed by atoms with van der Waals surface area (Å²) in [6.07, 6.45) is 0. The molecular formula is C4H2O4. The van der Waals surface area contributed by atoms with Crippen LogP contribution in [0.1, 0.15) is 0 Å². The van der Waals surface area contributed by atoms with E-state index < -0.39 is 11.9 Å². The van der Waals surface area contributed by atoms with Gasteiger partial charge in [0.25, 0.3) is 0 Å². The molecule has 0 aliphatic carbocycles. The second-order valence-electron chi connectivity index (χ2n) is 0.860. The Morgan fingerprint density at radius 3 is 1.38 bits per heavy atom. The van der Waals surface area contributed by atoms with E-state index in [0.717, 1.165) is 0 Å². The Hall–Kier alpha value is -1.50. The molecule has 42 valence electrons. The second-order valence-corrected chi connectivity index (χ2v) is 0.860. The van der Waals surface area contributed by atoms with Gasteiger partial charge in [-0.05, 0) is 0 Å². The van der Waals surface area contributed by atoms with E-state index in [-0.39, 0.29) is 0 Å². The van der Waals surface area contributed by atoms with Crippen molar-refractivity contribution in [3.05, 3.63) is 0 Å². The maximum absolute atomic E-state index is 9.47. The van der Waals surface area contributed by atoms with Gasteiger partial charge in [-0.3, -0.25) is 0 Å². The van der Waals surface area contributed by atoms with Gasteiger partial charge in [0.2, 0.25) is 0 Å². The lowest BCUT2D eigenvalue weighted by Gasteiger charge is -1.68. The Kier molecular flexibility index (Phi) is 2.14. The molecule has 0 aromatic carbocycles. The van der Waals surface area contributed by atoms with Crippen molar-refractivity contribution in [2.24, 2.45) is 0 Å². The van der Waals surface area contributed by atoms with Gasteiger partial charge < -0.3 is 10.2 Å².